The maximum absolute atomic E-state index is 12.6. The van der Waals surface area contributed by atoms with Gasteiger partial charge in [-0.25, -0.2) is 9.67 Å². The average molecular weight is 453 g/mol. The number of hydrogen-bond acceptors (Lipinski definition) is 6. The summed E-state index contributed by atoms with van der Waals surface area (Å²) in [5.74, 6) is 0.236. The van der Waals surface area contributed by atoms with E-state index in [-0.39, 0.29) is 24.4 Å². The number of rotatable bonds is 7. The van der Waals surface area contributed by atoms with Crippen molar-refractivity contribution in [2.24, 2.45) is 0 Å². The molecule has 156 valence electrons. The van der Waals surface area contributed by atoms with Gasteiger partial charge in [-0.1, -0.05) is 48.0 Å². The molecule has 0 aliphatic carbocycles. The van der Waals surface area contributed by atoms with Gasteiger partial charge in [-0.2, -0.15) is 5.10 Å². The second-order valence-electron chi connectivity index (χ2n) is 6.41. The van der Waals surface area contributed by atoms with Crippen LogP contribution in [0.15, 0.2) is 76.9 Å². The van der Waals surface area contributed by atoms with Crippen LogP contribution in [0.1, 0.15) is 10.5 Å². The molecular weight excluding hydrogens is 436 g/mol. The van der Waals surface area contributed by atoms with Gasteiger partial charge in [0.15, 0.2) is 5.13 Å². The van der Waals surface area contributed by atoms with Gasteiger partial charge in [0.2, 0.25) is 0 Å². The Balaban J connectivity index is 1.42. The molecule has 4 rings (SSSR count). The second kappa shape index (κ2) is 9.55. The zero-order valence-electron chi connectivity index (χ0n) is 16.2. The number of nitrogens with zero attached hydrogens (tertiary/aromatic N) is 3. The minimum atomic E-state index is -0.460. The van der Waals surface area contributed by atoms with Crippen molar-refractivity contribution in [2.75, 3.05) is 11.9 Å². The number of ether oxygens (including phenoxy) is 1. The van der Waals surface area contributed by atoms with Gasteiger partial charge >= 0.3 is 0 Å². The number of benzene rings is 2. The van der Waals surface area contributed by atoms with Crippen LogP contribution in [-0.2, 0) is 6.54 Å². The number of carbonyl (C=O) groups is 1. The van der Waals surface area contributed by atoms with E-state index in [1.165, 1.54) is 28.2 Å². The van der Waals surface area contributed by atoms with Gasteiger partial charge < -0.3 is 4.74 Å². The van der Waals surface area contributed by atoms with Crippen LogP contribution in [0.5, 0.6) is 5.75 Å². The molecule has 7 nitrogen and oxygen atoms in total. The first-order valence-electron chi connectivity index (χ1n) is 9.38. The van der Waals surface area contributed by atoms with Gasteiger partial charge in [0.1, 0.15) is 18.1 Å². The van der Waals surface area contributed by atoms with Crippen molar-refractivity contribution in [2.45, 2.75) is 6.54 Å². The molecule has 0 fully saturated rings. The minimum Gasteiger partial charge on any atom is -0.492 e. The van der Waals surface area contributed by atoms with Crippen LogP contribution in [0, 0.1) is 0 Å². The number of aromatic nitrogens is 3. The van der Waals surface area contributed by atoms with Gasteiger partial charge in [-0.05, 0) is 24.3 Å². The van der Waals surface area contributed by atoms with Gasteiger partial charge in [-0.15, -0.1) is 11.3 Å². The standard InChI is InChI=1S/C22H17ClN4O3S/c23-17-9-5-4-8-16(17)19-14-31-22(24-19)25-21(29)18-10-11-20(28)27(26-18)12-13-30-15-6-2-1-3-7-15/h1-11,14H,12-13H2,(H,24,25,29). The van der Waals surface area contributed by atoms with E-state index in [2.05, 4.69) is 15.4 Å². The predicted octanol–water partition coefficient (Wildman–Crippen LogP) is 4.35. The largest absolute Gasteiger partial charge is 0.492 e. The third-order valence-corrected chi connectivity index (χ3v) is 5.38. The third kappa shape index (κ3) is 5.17. The van der Waals surface area contributed by atoms with E-state index < -0.39 is 5.91 Å². The maximum Gasteiger partial charge on any atom is 0.277 e. The van der Waals surface area contributed by atoms with Crippen LogP contribution < -0.4 is 15.6 Å². The third-order valence-electron chi connectivity index (χ3n) is 4.29. The highest BCUT2D eigenvalue weighted by Crippen LogP contribution is 2.30. The molecule has 31 heavy (non-hydrogen) atoms. The van der Waals surface area contributed by atoms with Crippen LogP contribution in [0.3, 0.4) is 0 Å². The van der Waals surface area contributed by atoms with Gasteiger partial charge in [0.05, 0.1) is 12.2 Å². The lowest BCUT2D eigenvalue weighted by atomic mass is 10.2. The number of hydrogen-bond donors (Lipinski definition) is 1. The lowest BCUT2D eigenvalue weighted by Crippen LogP contribution is -2.28. The Morgan fingerprint density at radius 2 is 1.84 bits per heavy atom. The summed E-state index contributed by atoms with van der Waals surface area (Å²) < 4.78 is 6.80. The Hall–Kier alpha value is -3.49. The van der Waals surface area contributed by atoms with Crippen LogP contribution >= 0.6 is 22.9 Å². The topological polar surface area (TPSA) is 86.1 Å². The van der Waals surface area contributed by atoms with E-state index in [1.54, 1.807) is 6.07 Å². The number of halogens is 1. The number of thiazole rings is 1. The quantitative estimate of drug-likeness (QED) is 0.450. The fraction of sp³-hybridized carbons (Fsp3) is 0.0909. The zero-order valence-corrected chi connectivity index (χ0v) is 17.8. The predicted molar refractivity (Wildman–Crippen MR) is 121 cm³/mol. The highest BCUT2D eigenvalue weighted by atomic mass is 35.5. The first kappa shape index (κ1) is 20.8. The van der Waals surface area contributed by atoms with Gasteiger partial charge in [-0.3, -0.25) is 14.9 Å². The smallest absolute Gasteiger partial charge is 0.277 e. The number of carbonyl (C=O) groups excluding carboxylic acids is 1. The van der Waals surface area contributed by atoms with Crippen molar-refractivity contribution in [3.05, 3.63) is 93.2 Å². The van der Waals surface area contributed by atoms with Crippen molar-refractivity contribution in [1.82, 2.24) is 14.8 Å². The molecule has 2 aromatic carbocycles. The molecule has 9 heteroatoms. The average Bonchev–Trinajstić information content (AvgIpc) is 3.24. The lowest BCUT2D eigenvalue weighted by Gasteiger charge is -2.08. The van der Waals surface area contributed by atoms with Crippen molar-refractivity contribution < 1.29 is 9.53 Å². The zero-order chi connectivity index (χ0) is 21.6. The summed E-state index contributed by atoms with van der Waals surface area (Å²) >= 11 is 7.48. The summed E-state index contributed by atoms with van der Waals surface area (Å²) in [6.07, 6.45) is 0. The second-order valence-corrected chi connectivity index (χ2v) is 7.68. The van der Waals surface area contributed by atoms with E-state index in [9.17, 15) is 9.59 Å². The lowest BCUT2D eigenvalue weighted by molar-refractivity contribution is 0.101. The molecule has 0 saturated heterocycles. The molecule has 0 unspecified atom stereocenters. The SMILES string of the molecule is O=C(Nc1nc(-c2ccccc2Cl)cs1)c1ccc(=O)n(CCOc2ccccc2)n1. The molecular formula is C22H17ClN4O3S. The molecule has 1 N–H and O–H groups in total. The Labute approximate surface area is 186 Å². The van der Waals surface area contributed by atoms with E-state index in [1.807, 2.05) is 53.9 Å². The molecule has 2 aromatic heterocycles. The van der Waals surface area contributed by atoms with Crippen LogP contribution in [0.2, 0.25) is 5.02 Å². The summed E-state index contributed by atoms with van der Waals surface area (Å²) in [6.45, 7) is 0.457. The van der Waals surface area contributed by atoms with Crippen molar-refractivity contribution >= 4 is 34.0 Å². The summed E-state index contributed by atoms with van der Waals surface area (Å²) in [5, 5.41) is 9.66. The van der Waals surface area contributed by atoms with E-state index in [0.29, 0.717) is 21.6 Å². The van der Waals surface area contributed by atoms with E-state index in [4.69, 9.17) is 16.3 Å². The molecule has 0 saturated carbocycles. The monoisotopic (exact) mass is 452 g/mol. The highest BCUT2D eigenvalue weighted by Gasteiger charge is 2.14. The molecule has 0 atom stereocenters. The van der Waals surface area contributed by atoms with E-state index in [0.717, 1.165) is 5.56 Å². The minimum absolute atomic E-state index is 0.105. The van der Waals surface area contributed by atoms with Crippen molar-refractivity contribution in [3.63, 3.8) is 0 Å². The first-order chi connectivity index (χ1) is 15.1. The first-order valence-corrected chi connectivity index (χ1v) is 10.6. The molecule has 0 spiro atoms. The summed E-state index contributed by atoms with van der Waals surface area (Å²) in [6, 6.07) is 19.3. The van der Waals surface area contributed by atoms with Gasteiger partial charge in [0, 0.05) is 22.0 Å². The number of amides is 1. The molecule has 1 amide bonds. The molecule has 0 aliphatic heterocycles. The van der Waals surface area contributed by atoms with Crippen LogP contribution in [0.25, 0.3) is 11.3 Å². The van der Waals surface area contributed by atoms with Crippen molar-refractivity contribution in [1.29, 1.82) is 0 Å². The van der Waals surface area contributed by atoms with E-state index >= 15 is 0 Å². The molecule has 0 bridgehead atoms. The summed E-state index contributed by atoms with van der Waals surface area (Å²) in [7, 11) is 0. The fourth-order valence-electron chi connectivity index (χ4n) is 2.78. The van der Waals surface area contributed by atoms with Crippen molar-refractivity contribution in [3.8, 4) is 17.0 Å². The molecule has 4 aromatic rings. The van der Waals surface area contributed by atoms with Gasteiger partial charge in [0.25, 0.3) is 11.5 Å². The number of nitrogens with one attached hydrogen (secondary N) is 1. The molecule has 0 aliphatic rings. The molecule has 0 radical (unpaired) electrons. The molecule has 2 heterocycles. The normalized spacial score (nSPS) is 10.6. The highest BCUT2D eigenvalue weighted by molar-refractivity contribution is 7.14. The Bertz CT molecular complexity index is 1260. The van der Waals surface area contributed by atoms with Crippen LogP contribution in [-0.4, -0.2) is 27.3 Å². The number of anilines is 1. The number of para-hydroxylation sites is 1. The summed E-state index contributed by atoms with van der Waals surface area (Å²) in [4.78, 5) is 29.1. The maximum atomic E-state index is 12.6. The Morgan fingerprint density at radius 3 is 2.65 bits per heavy atom. The Morgan fingerprint density at radius 1 is 1.06 bits per heavy atom. The Kier molecular flexibility index (Phi) is 6.40. The fourth-order valence-corrected chi connectivity index (χ4v) is 3.72. The summed E-state index contributed by atoms with van der Waals surface area (Å²) in [5.41, 5.74) is 1.24. The van der Waals surface area contributed by atoms with Crippen LogP contribution in [0.4, 0.5) is 5.13 Å².